The zero-order valence-electron chi connectivity index (χ0n) is 13.2. The van der Waals surface area contributed by atoms with E-state index in [1.54, 1.807) is 6.92 Å². The topological polar surface area (TPSA) is 13.1 Å². The van der Waals surface area contributed by atoms with Crippen molar-refractivity contribution in [3.63, 3.8) is 0 Å². The van der Waals surface area contributed by atoms with E-state index >= 15 is 0 Å². The van der Waals surface area contributed by atoms with Gasteiger partial charge in [0.15, 0.2) is 0 Å². The molecule has 3 heteroatoms. The fraction of sp³-hybridized carbons (Fsp3) is 0.0769. The van der Waals surface area contributed by atoms with Gasteiger partial charge < -0.3 is 4.42 Å². The molecule has 0 amide bonds. The van der Waals surface area contributed by atoms with Crippen molar-refractivity contribution >= 4 is 49.5 Å². The Morgan fingerprint density at radius 3 is 2.88 bits per heavy atom. The summed E-state index contributed by atoms with van der Waals surface area (Å²) in [6.45, 7) is 1.64. The Hall–Kier alpha value is -0.990. The van der Waals surface area contributed by atoms with E-state index in [-0.39, 0.29) is 46.4 Å². The van der Waals surface area contributed by atoms with E-state index in [0.29, 0.717) is 20.8 Å². The van der Waals surface area contributed by atoms with E-state index in [2.05, 4.69) is 15.9 Å². The lowest BCUT2D eigenvalue weighted by molar-refractivity contribution is 0.668. The average molecular weight is 301 g/mol. The number of fused-ring (bicyclic) bond motifs is 3. The SMILES string of the molecule is [2H]c1c([2H])c(Cl)c2c(oc3c([2H])c(C)c([2H])c(Br)c32)c1[2H]. The van der Waals surface area contributed by atoms with Crippen molar-refractivity contribution in [3.05, 3.63) is 45.3 Å². The van der Waals surface area contributed by atoms with E-state index in [0.717, 1.165) is 0 Å². The number of hydrogen-bond donors (Lipinski definition) is 0. The molecule has 0 aliphatic carbocycles. The number of halogens is 2. The highest BCUT2D eigenvalue weighted by Crippen LogP contribution is 2.38. The molecule has 0 saturated carbocycles. The number of furan rings is 1. The largest absolute Gasteiger partial charge is 0.456 e. The summed E-state index contributed by atoms with van der Waals surface area (Å²) in [5, 5.41) is 0.692. The van der Waals surface area contributed by atoms with Crippen LogP contribution < -0.4 is 0 Å². The van der Waals surface area contributed by atoms with Crippen molar-refractivity contribution in [1.29, 1.82) is 0 Å². The maximum atomic E-state index is 8.07. The Labute approximate surface area is 113 Å². The van der Waals surface area contributed by atoms with Gasteiger partial charge in [-0.2, -0.15) is 0 Å². The minimum Gasteiger partial charge on any atom is -0.456 e. The van der Waals surface area contributed by atoms with Crippen LogP contribution in [0.3, 0.4) is 0 Å². The molecular weight excluding hydrogens is 287 g/mol. The van der Waals surface area contributed by atoms with Crippen LogP contribution in [0.4, 0.5) is 0 Å². The van der Waals surface area contributed by atoms with Gasteiger partial charge in [0, 0.05) is 15.2 Å². The second-order valence-corrected chi connectivity index (χ2v) is 4.56. The summed E-state index contributed by atoms with van der Waals surface area (Å²) in [4.78, 5) is 0. The summed E-state index contributed by atoms with van der Waals surface area (Å²) >= 11 is 9.46. The van der Waals surface area contributed by atoms with Crippen molar-refractivity contribution in [3.8, 4) is 0 Å². The minimum absolute atomic E-state index is 0.00639. The monoisotopic (exact) mass is 299 g/mol. The zero-order valence-corrected chi connectivity index (χ0v) is 10.5. The maximum Gasteiger partial charge on any atom is 0.136 e. The molecule has 80 valence electrons. The summed E-state index contributed by atoms with van der Waals surface area (Å²) in [7, 11) is 0. The predicted octanol–water partition coefficient (Wildman–Crippen LogP) is 5.31. The standard InChI is InChI=1S/C13H8BrClO/c1-7-5-8(14)12-11(6-7)16-10-4-2-3-9(15)13(10)12/h2-6H,1H3/i2D,3D,4D,5D,6D. The average Bonchev–Trinajstić information content (AvgIpc) is 2.87. The lowest BCUT2D eigenvalue weighted by Gasteiger charge is -1.97. The van der Waals surface area contributed by atoms with Crippen LogP contribution in [-0.2, 0) is 0 Å². The molecule has 0 fully saturated rings. The minimum atomic E-state index is -0.322. The van der Waals surface area contributed by atoms with Crippen molar-refractivity contribution < 1.29 is 11.3 Å². The van der Waals surface area contributed by atoms with Gasteiger partial charge >= 0.3 is 0 Å². The molecular formula is C13H8BrClO. The molecule has 0 saturated heterocycles. The van der Waals surface area contributed by atoms with Crippen LogP contribution in [0.1, 0.15) is 12.4 Å². The number of benzene rings is 2. The van der Waals surface area contributed by atoms with Crippen LogP contribution in [0.5, 0.6) is 0 Å². The first-order valence-electron chi connectivity index (χ1n) is 7.04. The summed E-state index contributed by atoms with van der Waals surface area (Å²) in [6, 6.07) is -0.646. The second-order valence-electron chi connectivity index (χ2n) is 3.39. The molecule has 0 aliphatic rings. The fourth-order valence-electron chi connectivity index (χ4n) is 1.66. The predicted molar refractivity (Wildman–Crippen MR) is 71.2 cm³/mol. The van der Waals surface area contributed by atoms with Gasteiger partial charge in [-0.25, -0.2) is 0 Å². The highest BCUT2D eigenvalue weighted by atomic mass is 79.9. The molecule has 0 bridgehead atoms. The first kappa shape index (κ1) is 6.08. The smallest absolute Gasteiger partial charge is 0.136 e. The molecule has 2 aromatic carbocycles. The highest BCUT2D eigenvalue weighted by Gasteiger charge is 2.12. The third-order valence-electron chi connectivity index (χ3n) is 2.29. The van der Waals surface area contributed by atoms with Gasteiger partial charge in [0.05, 0.1) is 11.9 Å². The van der Waals surface area contributed by atoms with Crippen LogP contribution >= 0.6 is 27.5 Å². The van der Waals surface area contributed by atoms with E-state index < -0.39 is 0 Å². The Bertz CT molecular complexity index is 860. The molecule has 0 unspecified atom stereocenters. The first-order valence-corrected chi connectivity index (χ1v) is 5.71. The lowest BCUT2D eigenvalue weighted by atomic mass is 10.1. The molecule has 3 aromatic rings. The van der Waals surface area contributed by atoms with E-state index in [4.69, 9.17) is 22.9 Å². The summed E-state index contributed by atoms with van der Waals surface area (Å²) in [6.07, 6.45) is 0. The Balaban J connectivity index is 2.73. The van der Waals surface area contributed by atoms with Crippen molar-refractivity contribution in [2.75, 3.05) is 0 Å². The maximum absolute atomic E-state index is 8.07. The van der Waals surface area contributed by atoms with Gasteiger partial charge in [-0.05, 0) is 36.7 Å². The zero-order chi connectivity index (χ0) is 15.6. The summed E-state index contributed by atoms with van der Waals surface area (Å²) in [5.41, 5.74) is 0.703. The molecule has 1 aromatic heterocycles. The third-order valence-corrected chi connectivity index (χ3v) is 3.17. The first-order chi connectivity index (χ1) is 9.77. The van der Waals surface area contributed by atoms with E-state index in [1.807, 2.05) is 0 Å². The molecule has 0 radical (unpaired) electrons. The van der Waals surface area contributed by atoms with E-state index in [1.165, 1.54) is 0 Å². The normalized spacial score (nSPS) is 15.8. The van der Waals surface area contributed by atoms with E-state index in [9.17, 15) is 0 Å². The number of rotatable bonds is 0. The van der Waals surface area contributed by atoms with Crippen molar-refractivity contribution in [2.45, 2.75) is 6.92 Å². The van der Waals surface area contributed by atoms with Gasteiger partial charge in [-0.3, -0.25) is 0 Å². The molecule has 0 atom stereocenters. The van der Waals surface area contributed by atoms with Gasteiger partial charge in [0.25, 0.3) is 0 Å². The van der Waals surface area contributed by atoms with Crippen LogP contribution in [0.2, 0.25) is 5.02 Å². The van der Waals surface area contributed by atoms with Crippen molar-refractivity contribution in [1.82, 2.24) is 0 Å². The van der Waals surface area contributed by atoms with Crippen molar-refractivity contribution in [2.24, 2.45) is 0 Å². The van der Waals surface area contributed by atoms with Gasteiger partial charge in [0.1, 0.15) is 11.2 Å². The second kappa shape index (κ2) is 3.51. The van der Waals surface area contributed by atoms with Crippen LogP contribution in [-0.4, -0.2) is 0 Å². The molecule has 16 heavy (non-hydrogen) atoms. The van der Waals surface area contributed by atoms with Gasteiger partial charge in [-0.15, -0.1) is 0 Å². The third kappa shape index (κ3) is 1.37. The number of hydrogen-bond acceptors (Lipinski definition) is 1. The Kier molecular flexibility index (Phi) is 1.33. The van der Waals surface area contributed by atoms with Crippen LogP contribution in [0.15, 0.2) is 39.1 Å². The molecule has 0 N–H and O–H groups in total. The van der Waals surface area contributed by atoms with Crippen LogP contribution in [0.25, 0.3) is 21.9 Å². The summed E-state index contributed by atoms with van der Waals surface area (Å²) < 4.78 is 45.5. The molecule has 1 heterocycles. The molecule has 3 rings (SSSR count). The van der Waals surface area contributed by atoms with Gasteiger partial charge in [0.2, 0.25) is 0 Å². The van der Waals surface area contributed by atoms with Crippen LogP contribution in [0, 0.1) is 6.92 Å². The molecule has 0 spiro atoms. The quantitative estimate of drug-likeness (QED) is 0.548. The highest BCUT2D eigenvalue weighted by molar-refractivity contribution is 9.10. The summed E-state index contributed by atoms with van der Waals surface area (Å²) in [5.74, 6) is 0. The molecule has 1 nitrogen and oxygen atoms in total. The Morgan fingerprint density at radius 1 is 1.25 bits per heavy atom. The van der Waals surface area contributed by atoms with Gasteiger partial charge in [-0.1, -0.05) is 33.6 Å². The fourth-order valence-corrected chi connectivity index (χ4v) is 2.56. The Morgan fingerprint density at radius 2 is 2.06 bits per heavy atom. The molecule has 0 aliphatic heterocycles. The lowest BCUT2D eigenvalue weighted by Crippen LogP contribution is -1.74.